The predicted molar refractivity (Wildman–Crippen MR) is 86.3 cm³/mol. The number of fused-ring (bicyclic) bond motifs is 2. The van der Waals surface area contributed by atoms with E-state index in [-0.39, 0.29) is 17.7 Å². The number of hydrogen-bond acceptors (Lipinski definition) is 3. The standard InChI is InChI=1S/C19H21NO3/c1-10(2)15-13-7-8-14(15)17(19(22)23)16(13)18(21)20-12-6-4-5-11(3)9-12/h4-9,13-14,16-17H,1-3H3,(H,20,21)(H,22,23)/p-1/t13-,14+,16+,17-/m0/s1. The van der Waals surface area contributed by atoms with Gasteiger partial charge in [0.1, 0.15) is 0 Å². The lowest BCUT2D eigenvalue weighted by molar-refractivity contribution is -0.313. The molecule has 0 unspecified atom stereocenters. The molecule has 1 aromatic carbocycles. The van der Waals surface area contributed by atoms with Gasteiger partial charge in [0.2, 0.25) is 5.91 Å². The zero-order chi connectivity index (χ0) is 16.7. The molecule has 23 heavy (non-hydrogen) atoms. The van der Waals surface area contributed by atoms with Gasteiger partial charge >= 0.3 is 0 Å². The van der Waals surface area contributed by atoms with E-state index in [9.17, 15) is 14.7 Å². The third-order valence-corrected chi connectivity index (χ3v) is 4.84. The second-order valence-corrected chi connectivity index (χ2v) is 6.62. The molecule has 0 heterocycles. The molecule has 0 saturated heterocycles. The highest BCUT2D eigenvalue weighted by Gasteiger charge is 2.52. The number of allylic oxidation sites excluding steroid dienone is 4. The number of aryl methyl sites for hydroxylation is 1. The van der Waals surface area contributed by atoms with Crippen LogP contribution < -0.4 is 10.4 Å². The summed E-state index contributed by atoms with van der Waals surface area (Å²) in [5, 5.41) is 14.5. The fourth-order valence-electron chi connectivity index (χ4n) is 3.98. The van der Waals surface area contributed by atoms with E-state index in [4.69, 9.17) is 0 Å². The van der Waals surface area contributed by atoms with Gasteiger partial charge in [-0.05, 0) is 38.5 Å². The highest BCUT2D eigenvalue weighted by atomic mass is 16.4. The number of carbonyl (C=O) groups is 2. The zero-order valence-corrected chi connectivity index (χ0v) is 13.5. The Hall–Kier alpha value is -2.36. The second-order valence-electron chi connectivity index (χ2n) is 6.62. The van der Waals surface area contributed by atoms with Crippen molar-refractivity contribution in [2.75, 3.05) is 5.32 Å². The van der Waals surface area contributed by atoms with Gasteiger partial charge in [-0.3, -0.25) is 4.79 Å². The van der Waals surface area contributed by atoms with Crippen molar-refractivity contribution in [3.63, 3.8) is 0 Å². The number of rotatable bonds is 3. The third kappa shape index (κ3) is 2.58. The number of aliphatic carboxylic acids is 1. The maximum absolute atomic E-state index is 12.7. The topological polar surface area (TPSA) is 69.2 Å². The van der Waals surface area contributed by atoms with Crippen LogP contribution in [0.4, 0.5) is 5.69 Å². The quantitative estimate of drug-likeness (QED) is 0.869. The van der Waals surface area contributed by atoms with E-state index in [1.54, 1.807) is 0 Å². The van der Waals surface area contributed by atoms with Gasteiger partial charge in [0.15, 0.2) is 0 Å². The first kappa shape index (κ1) is 15.5. The number of carbonyl (C=O) groups excluding carboxylic acids is 2. The van der Waals surface area contributed by atoms with Gasteiger partial charge < -0.3 is 15.2 Å². The molecule has 2 bridgehead atoms. The Labute approximate surface area is 135 Å². The summed E-state index contributed by atoms with van der Waals surface area (Å²) < 4.78 is 0. The molecule has 2 aliphatic carbocycles. The first-order valence-electron chi connectivity index (χ1n) is 7.84. The van der Waals surface area contributed by atoms with E-state index < -0.39 is 17.8 Å². The lowest BCUT2D eigenvalue weighted by atomic mass is 9.82. The Balaban J connectivity index is 1.91. The van der Waals surface area contributed by atoms with Crippen LogP contribution in [0.25, 0.3) is 0 Å². The van der Waals surface area contributed by atoms with Crippen LogP contribution >= 0.6 is 0 Å². The molecule has 2 aliphatic rings. The number of benzene rings is 1. The number of nitrogens with one attached hydrogen (secondary N) is 1. The molecule has 4 atom stereocenters. The molecule has 4 nitrogen and oxygen atoms in total. The summed E-state index contributed by atoms with van der Waals surface area (Å²) in [6.07, 6.45) is 3.87. The van der Waals surface area contributed by atoms with Crippen molar-refractivity contribution < 1.29 is 14.7 Å². The Morgan fingerprint density at radius 3 is 2.30 bits per heavy atom. The van der Waals surface area contributed by atoms with Gasteiger partial charge in [-0.2, -0.15) is 0 Å². The van der Waals surface area contributed by atoms with E-state index in [1.807, 2.05) is 57.2 Å². The van der Waals surface area contributed by atoms with Gasteiger partial charge in [-0.25, -0.2) is 0 Å². The van der Waals surface area contributed by atoms with Crippen molar-refractivity contribution in [2.24, 2.45) is 23.7 Å². The van der Waals surface area contributed by atoms with E-state index >= 15 is 0 Å². The highest BCUT2D eigenvalue weighted by molar-refractivity contribution is 5.97. The molecule has 1 saturated carbocycles. The molecule has 1 aromatic rings. The zero-order valence-electron chi connectivity index (χ0n) is 13.5. The van der Waals surface area contributed by atoms with E-state index in [2.05, 4.69) is 5.32 Å². The second kappa shape index (κ2) is 5.69. The first-order chi connectivity index (χ1) is 10.9. The van der Waals surface area contributed by atoms with Crippen molar-refractivity contribution in [3.8, 4) is 0 Å². The SMILES string of the molecule is CC(C)=C1[C@H]2C=C[C@@H]1[C@@H](C(=O)Nc1cccc(C)c1)[C@H]2C(=O)[O-]. The monoisotopic (exact) mass is 310 g/mol. The van der Waals surface area contributed by atoms with Crippen LogP contribution in [0.15, 0.2) is 47.6 Å². The summed E-state index contributed by atoms with van der Waals surface area (Å²) in [4.78, 5) is 24.4. The van der Waals surface area contributed by atoms with E-state index in [1.165, 1.54) is 0 Å². The average molecular weight is 310 g/mol. The summed E-state index contributed by atoms with van der Waals surface area (Å²) in [5.74, 6) is -3.16. The van der Waals surface area contributed by atoms with Crippen LogP contribution in [0.1, 0.15) is 19.4 Å². The van der Waals surface area contributed by atoms with Crippen LogP contribution in [0.3, 0.4) is 0 Å². The van der Waals surface area contributed by atoms with Gasteiger partial charge in [0, 0.05) is 29.4 Å². The summed E-state index contributed by atoms with van der Waals surface area (Å²) in [6, 6.07) is 7.49. The van der Waals surface area contributed by atoms with Gasteiger partial charge in [0.25, 0.3) is 0 Å². The predicted octanol–water partition coefficient (Wildman–Crippen LogP) is 2.07. The van der Waals surface area contributed by atoms with Crippen LogP contribution in [-0.2, 0) is 9.59 Å². The number of carboxylic acid groups (broad SMARTS) is 1. The van der Waals surface area contributed by atoms with Crippen molar-refractivity contribution in [3.05, 3.63) is 53.1 Å². The Kier molecular flexibility index (Phi) is 3.84. The van der Waals surface area contributed by atoms with Crippen molar-refractivity contribution in [2.45, 2.75) is 20.8 Å². The number of hydrogen-bond donors (Lipinski definition) is 1. The summed E-state index contributed by atoms with van der Waals surface area (Å²) >= 11 is 0. The first-order valence-corrected chi connectivity index (χ1v) is 7.84. The van der Waals surface area contributed by atoms with Gasteiger partial charge in [0.05, 0.1) is 5.92 Å². The summed E-state index contributed by atoms with van der Waals surface area (Å²) in [6.45, 7) is 5.88. The van der Waals surface area contributed by atoms with Gasteiger partial charge in [-0.15, -0.1) is 0 Å². The molecule has 4 heteroatoms. The minimum atomic E-state index is -1.15. The maximum Gasteiger partial charge on any atom is 0.229 e. The van der Waals surface area contributed by atoms with Crippen LogP contribution in [-0.4, -0.2) is 11.9 Å². The molecule has 0 aromatic heterocycles. The highest BCUT2D eigenvalue weighted by Crippen LogP contribution is 2.53. The molecule has 1 amide bonds. The van der Waals surface area contributed by atoms with E-state index in [0.29, 0.717) is 5.69 Å². The molecule has 0 radical (unpaired) electrons. The molecule has 120 valence electrons. The Bertz CT molecular complexity index is 728. The van der Waals surface area contributed by atoms with Gasteiger partial charge in [-0.1, -0.05) is 35.4 Å². The largest absolute Gasteiger partial charge is 0.550 e. The third-order valence-electron chi connectivity index (χ3n) is 4.84. The van der Waals surface area contributed by atoms with Crippen LogP contribution in [0, 0.1) is 30.6 Å². The summed E-state index contributed by atoms with van der Waals surface area (Å²) in [5.41, 5.74) is 3.88. The van der Waals surface area contributed by atoms with E-state index in [0.717, 1.165) is 16.7 Å². The Morgan fingerprint density at radius 2 is 1.74 bits per heavy atom. The average Bonchev–Trinajstić information content (AvgIpc) is 3.02. The molecule has 0 spiro atoms. The molecule has 1 fully saturated rings. The summed E-state index contributed by atoms with van der Waals surface area (Å²) in [7, 11) is 0. The van der Waals surface area contributed by atoms with Crippen molar-refractivity contribution in [1.82, 2.24) is 0 Å². The minimum absolute atomic E-state index is 0.141. The molecule has 1 N–H and O–H groups in total. The lowest BCUT2D eigenvalue weighted by Crippen LogP contribution is -2.42. The molecular weight excluding hydrogens is 290 g/mol. The number of amides is 1. The normalized spacial score (nSPS) is 28.0. The molecule has 3 rings (SSSR count). The van der Waals surface area contributed by atoms with Crippen LogP contribution in [0.5, 0.6) is 0 Å². The smallest absolute Gasteiger partial charge is 0.229 e. The number of carboxylic acids is 1. The van der Waals surface area contributed by atoms with Crippen molar-refractivity contribution in [1.29, 1.82) is 0 Å². The minimum Gasteiger partial charge on any atom is -0.550 e. The maximum atomic E-state index is 12.7. The fourth-order valence-corrected chi connectivity index (χ4v) is 3.98. The molecular formula is C19H20NO3-. The van der Waals surface area contributed by atoms with Crippen molar-refractivity contribution >= 4 is 17.6 Å². The van der Waals surface area contributed by atoms with Crippen LogP contribution in [0.2, 0.25) is 0 Å². The number of anilines is 1. The fraction of sp³-hybridized carbons (Fsp3) is 0.368. The Morgan fingerprint density at radius 1 is 1.09 bits per heavy atom. The lowest BCUT2D eigenvalue weighted by Gasteiger charge is -2.27. The molecule has 0 aliphatic heterocycles.